The largest absolute Gasteiger partial charge is 1.00 e. The number of phenolic OH excluding ortho intramolecular Hbond substituents is 1. The molecular formula is C78H78B3Br4N7NaO22S10. The predicted molar refractivity (Wildman–Crippen MR) is 517 cm³/mol. The van der Waals surface area contributed by atoms with Crippen LogP contribution in [-0.2, 0) is 18.0 Å². The molecule has 47 heteroatoms. The van der Waals surface area contributed by atoms with Crippen LogP contribution < -0.4 is 60.3 Å². The van der Waals surface area contributed by atoms with Crippen molar-refractivity contribution < 1.29 is 120 Å². The van der Waals surface area contributed by atoms with Crippen LogP contribution in [0, 0.1) is 40.5 Å². The number of nitrogens with one attached hydrogen (secondary N) is 1. The molecule has 0 fully saturated rings. The summed E-state index contributed by atoms with van der Waals surface area (Å²) in [6, 6.07) is 47.0. The number of nitrogens with two attached hydrogens (primary N) is 1. The zero-order valence-electron chi connectivity index (χ0n) is 66.1. The Morgan fingerprint density at radius 3 is 1.46 bits per heavy atom. The number of carbonyl (C=O) groups is 3. The molecule has 29 nitrogen and oxygen atoms in total. The molecule has 4 aromatic carbocycles. The van der Waals surface area contributed by atoms with Gasteiger partial charge >= 0.3 is 67.9 Å². The van der Waals surface area contributed by atoms with Crippen molar-refractivity contribution in [2.45, 2.75) is 45.1 Å². The van der Waals surface area contributed by atoms with Crippen LogP contribution in [0.1, 0.15) is 92.9 Å². The van der Waals surface area contributed by atoms with E-state index in [2.05, 4.69) is 122 Å². The third-order valence-electron chi connectivity index (χ3n) is 15.1. The number of carbonyl (C=O) groups excluding carboxylic acids is 3. The summed E-state index contributed by atoms with van der Waals surface area (Å²) >= 11 is 30.1. The second kappa shape index (κ2) is 64.0. The fourth-order valence-electron chi connectivity index (χ4n) is 9.71. The fraction of sp³-hybridized carbons (Fsp3) is 0.167. The Hall–Kier alpha value is -7.85. The first-order valence-electron chi connectivity index (χ1n) is 34.1. The first-order valence-corrected chi connectivity index (χ1v) is 45.7. The van der Waals surface area contributed by atoms with E-state index >= 15 is 0 Å². The number of aromatic hydroxyl groups is 1. The Morgan fingerprint density at radius 1 is 0.640 bits per heavy atom. The SMILES string of the molecule is C.COC(=O)NCC1Oc2ccccc2-c2sccc21.C[N+](=O)[O-].NCC1Oc2ccccc2-c2sccc21.O.O=Cc1ccsc1.O=Cc1ccsc1Br.O=[N+]([O-])/C=C(\O)c1ccsc1Br.O=[N+]([O-])CC(O)c1ccsc1Br.O=[N+]([O-])CC1Oc2ccccc2-c2sccc21.OCc1ccsc1.OCc1ccsc1Br.O[B]c1ccccc1O.[B].[B]=NS.[H-].[Na+]. The number of phenols is 1. The Bertz CT molecular complexity index is 5380. The summed E-state index contributed by atoms with van der Waals surface area (Å²) in [5.74, 6) is 2.29. The molecule has 12 heterocycles. The summed E-state index contributed by atoms with van der Waals surface area (Å²) in [7, 11) is 7.45. The first-order chi connectivity index (χ1) is 58.2. The monoisotopic (exact) mass is 2160 g/mol. The molecule has 125 heavy (non-hydrogen) atoms. The van der Waals surface area contributed by atoms with Crippen molar-refractivity contribution in [3.63, 3.8) is 0 Å². The molecule has 655 valence electrons. The Balaban J connectivity index is 0.00000138. The van der Waals surface area contributed by atoms with Crippen LogP contribution in [0.2, 0.25) is 0 Å². The number of aliphatic hydroxyl groups is 4. The van der Waals surface area contributed by atoms with Crippen molar-refractivity contribution in [3.8, 4) is 54.3 Å². The van der Waals surface area contributed by atoms with Crippen LogP contribution >= 0.6 is 179 Å². The van der Waals surface area contributed by atoms with Crippen molar-refractivity contribution >= 4 is 232 Å². The smallest absolute Gasteiger partial charge is 1.00 e. The Labute approximate surface area is 821 Å². The van der Waals surface area contributed by atoms with Crippen molar-refractivity contribution in [1.29, 1.82) is 0 Å². The zero-order chi connectivity index (χ0) is 88.8. The number of aldehydes is 2. The number of methoxy groups -OCH3 is 1. The van der Waals surface area contributed by atoms with E-state index in [1.807, 2.05) is 128 Å². The summed E-state index contributed by atoms with van der Waals surface area (Å²) in [5, 5.41) is 116. The number of amides is 1. The summed E-state index contributed by atoms with van der Waals surface area (Å²) in [4.78, 5) is 72.1. The third-order valence-corrected chi connectivity index (χ3v) is 26.4. The number of thiol groups is 1. The average molecular weight is 2160 g/mol. The van der Waals surface area contributed by atoms with Crippen LogP contribution in [-0.4, -0.2) is 138 Å². The van der Waals surface area contributed by atoms with Gasteiger partial charge in [-0.2, -0.15) is 22.7 Å². The van der Waals surface area contributed by atoms with Crippen LogP contribution in [0.15, 0.2) is 236 Å². The van der Waals surface area contributed by atoms with Crippen LogP contribution in [0.25, 0.3) is 37.1 Å². The number of rotatable bonds is 15. The van der Waals surface area contributed by atoms with Gasteiger partial charge in [0.2, 0.25) is 13.1 Å². The molecule has 16 rings (SSSR count). The minimum atomic E-state index is -1.01. The molecule has 11 N–H and O–H groups in total. The summed E-state index contributed by atoms with van der Waals surface area (Å²) in [6.07, 6.45) is 0.154. The molecule has 1 amide bonds. The summed E-state index contributed by atoms with van der Waals surface area (Å²) < 4.78 is 28.1. The van der Waals surface area contributed by atoms with E-state index in [1.165, 1.54) is 79.4 Å². The number of aliphatic hydroxyl groups excluding tert-OH is 4. The number of ether oxygens (including phenoxy) is 4. The molecule has 0 saturated carbocycles. The number of nitro groups is 4. The zero-order valence-corrected chi connectivity index (χ0v) is 81.6. The number of hydrogen-bond donors (Lipinski definition) is 9. The van der Waals surface area contributed by atoms with Gasteiger partial charge in [-0.3, -0.25) is 50.0 Å². The van der Waals surface area contributed by atoms with Crippen LogP contribution in [0.3, 0.4) is 0 Å². The van der Waals surface area contributed by atoms with E-state index in [0.29, 0.717) is 39.7 Å². The van der Waals surface area contributed by atoms with Crippen molar-refractivity contribution in [3.05, 3.63) is 323 Å². The van der Waals surface area contributed by atoms with Crippen LogP contribution in [0.4, 0.5) is 4.79 Å². The van der Waals surface area contributed by atoms with E-state index in [-0.39, 0.29) is 101 Å². The molecule has 4 unspecified atom stereocenters. The van der Waals surface area contributed by atoms with E-state index in [0.717, 1.165) is 105 Å². The van der Waals surface area contributed by atoms with Gasteiger partial charge < -0.3 is 67.5 Å². The Kier molecular flexibility index (Phi) is 58.9. The number of fused-ring (bicyclic) bond motifs is 9. The van der Waals surface area contributed by atoms with E-state index in [9.17, 15) is 49.8 Å². The number of benzene rings is 4. The molecule has 0 aliphatic carbocycles. The second-order valence-corrected chi connectivity index (χ2v) is 36.5. The average Bonchev–Trinajstić information content (AvgIpc) is 1.56. The molecule has 5 radical (unpaired) electrons. The van der Waals surface area contributed by atoms with E-state index in [1.54, 1.807) is 110 Å². The predicted octanol–water partition coefficient (Wildman–Crippen LogP) is 17.0. The molecule has 3 aliphatic rings. The number of alkyl carbamates (subject to hydrolysis) is 1. The van der Waals surface area contributed by atoms with Gasteiger partial charge in [0.05, 0.1) is 46.9 Å². The first kappa shape index (κ1) is 115. The van der Waals surface area contributed by atoms with Gasteiger partial charge in [0.25, 0.3) is 6.20 Å². The fourth-order valence-corrected chi connectivity index (χ4v) is 19.0. The molecule has 4 atom stereocenters. The third kappa shape index (κ3) is 39.7. The maximum atomic E-state index is 11.2. The van der Waals surface area contributed by atoms with Gasteiger partial charge in [0.15, 0.2) is 31.5 Å². The van der Waals surface area contributed by atoms with Gasteiger partial charge in [-0.1, -0.05) is 62.0 Å². The topological polar surface area (TPSA) is 464 Å². The molecule has 13 aromatic rings. The number of hydrogen-bond acceptors (Lipinski definition) is 33. The maximum absolute atomic E-state index is 11.2. The van der Waals surface area contributed by atoms with Gasteiger partial charge in [-0.15, -0.1) is 79.4 Å². The minimum Gasteiger partial charge on any atom is -1.00 e. The molecule has 9 aromatic heterocycles. The normalized spacial score (nSPS) is 12.3. The minimum absolute atomic E-state index is 0. The van der Waals surface area contributed by atoms with Crippen molar-refractivity contribution in [2.24, 2.45) is 10.0 Å². The summed E-state index contributed by atoms with van der Waals surface area (Å²) in [6.45, 7) is 0.573. The number of halogens is 4. The molecule has 0 saturated heterocycles. The van der Waals surface area contributed by atoms with E-state index in [4.69, 9.17) is 55.5 Å². The maximum Gasteiger partial charge on any atom is 1.00 e. The van der Waals surface area contributed by atoms with Crippen molar-refractivity contribution in [2.75, 3.05) is 40.3 Å². The number of nitrogens with zero attached hydrogens (tertiary/aromatic N) is 5. The molecule has 0 spiro atoms. The number of para-hydroxylation sites is 4. The van der Waals surface area contributed by atoms with Gasteiger partial charge in [0, 0.05) is 111 Å². The quantitative estimate of drug-likeness (QED) is 0.0115. The van der Waals surface area contributed by atoms with Crippen LogP contribution in [0.5, 0.6) is 23.0 Å². The number of thiophene rings is 9. The second-order valence-electron chi connectivity index (χ2n) is 23.0. The standard InChI is InChI=1S/C14H13NO3S.C12H9NO3S.C12H11NOS.C6H6BO2.C6H6BrNO3S.C6H4BrNO3S.C5H5BrOS.C5H3BrOS.C5H6OS.C5H4OS.CH3NO2.CH4.BHNS.B.Na.H2O.H/c1-17-14(16)15-8-12-10-6-7-19-13(10)9-4-2-3-5-11(9)18-12;14-13(15)7-11-9-5-6-17-12(9)8-3-1-2-4-10(8)16-11;13-7-11-9-5-6-15-12(9)8-3-1-2-4-10(8)14-11;8-6-4-2-1-3-5(6)7-9;2*7-6-4(1-2-12-6)5(9)3-8(10)11;2*6-5-4(3-7)1-2-8-5;2*6-3-5-1-2-7-4-5;1-2(3)4;;1-2-3;;;;/h2-7,12H,8H2,1H3,(H,15,16);1-6,11H,7H2;1-6,11H,7,13H2;1-4,8-9H;1-2,5,9H,3H2;1-3,9H;1-2,7H,3H2;1-3H;1-2,4,6H,3H2;1-4H;1H3;1H4;3H;;;1H2;/q;;;;;;;;;;;;;;+1;;-1/b;;;;;5-3-;;;;;;;;;;;. The molecular weight excluding hydrogens is 2080 g/mol. The van der Waals surface area contributed by atoms with Gasteiger partial charge in [-0.05, 0) is 226 Å². The van der Waals surface area contributed by atoms with E-state index < -0.39 is 39.6 Å². The summed E-state index contributed by atoms with van der Waals surface area (Å²) in [5.41, 5.74) is 17.2. The Morgan fingerprint density at radius 2 is 1.10 bits per heavy atom. The molecule has 0 bridgehead atoms. The molecule has 3 aliphatic heterocycles. The van der Waals surface area contributed by atoms with Gasteiger partial charge in [-0.25, -0.2) is 4.79 Å². The van der Waals surface area contributed by atoms with Crippen molar-refractivity contribution in [1.82, 2.24) is 5.32 Å². The van der Waals surface area contributed by atoms with Gasteiger partial charge in [0.1, 0.15) is 41.3 Å².